The molecule has 0 aliphatic carbocycles. The minimum Gasteiger partial charge on any atom is -0.252 e. The zero-order chi connectivity index (χ0) is 8.39. The van der Waals surface area contributed by atoms with Crippen molar-refractivity contribution in [2.45, 2.75) is 0 Å². The van der Waals surface area contributed by atoms with Gasteiger partial charge in [0.25, 0.3) is 0 Å². The normalized spacial score (nSPS) is 16.4. The third-order valence-electron chi connectivity index (χ3n) is 1.64. The van der Waals surface area contributed by atoms with E-state index >= 15 is 0 Å². The van der Waals surface area contributed by atoms with E-state index < -0.39 is 0 Å². The summed E-state index contributed by atoms with van der Waals surface area (Å²) in [5.74, 6) is 0. The summed E-state index contributed by atoms with van der Waals surface area (Å²) in [6.45, 7) is 1.64. The maximum atomic E-state index is 5.05. The molecule has 0 unspecified atom stereocenters. The number of rotatable bonds is 1. The van der Waals surface area contributed by atoms with Crippen molar-refractivity contribution in [3.05, 3.63) is 48.6 Å². The van der Waals surface area contributed by atoms with Crippen molar-refractivity contribution in [3.63, 3.8) is 0 Å². The van der Waals surface area contributed by atoms with Gasteiger partial charge >= 0.3 is 0 Å². The van der Waals surface area contributed by atoms with Crippen LogP contribution in [0.5, 0.6) is 0 Å². The van der Waals surface area contributed by atoms with Crippen molar-refractivity contribution in [2.75, 3.05) is 0 Å². The zero-order valence-electron chi connectivity index (χ0n) is 6.27. The molecule has 0 N–H and O–H groups in total. The van der Waals surface area contributed by atoms with Crippen LogP contribution in [0.3, 0.4) is 0 Å². The second-order valence-electron chi connectivity index (χ2n) is 2.40. The maximum Gasteiger partial charge on any atom is 0.140 e. The van der Waals surface area contributed by atoms with Crippen molar-refractivity contribution in [3.8, 4) is 0 Å². The fourth-order valence-corrected chi connectivity index (χ4v) is 1.49. The Morgan fingerprint density at radius 3 is 2.50 bits per heavy atom. The number of benzene rings is 1. The molecule has 1 heterocycles. The molecular weight excluding hydrogens is 218 g/mol. The Labute approximate surface area is 79.7 Å². The van der Waals surface area contributed by atoms with Crippen LogP contribution in [0.2, 0.25) is 0 Å². The summed E-state index contributed by atoms with van der Waals surface area (Å²) < 4.78 is 1.56. The van der Waals surface area contributed by atoms with Gasteiger partial charge in [-0.25, -0.2) is 0 Å². The van der Waals surface area contributed by atoms with E-state index in [1.165, 1.54) is 0 Å². The lowest BCUT2D eigenvalue weighted by atomic mass is 10.2. The number of halogens is 1. The van der Waals surface area contributed by atoms with Gasteiger partial charge < -0.3 is 0 Å². The number of nitrogens with zero attached hydrogens (tertiary/aromatic N) is 1. The Kier molecular flexibility index (Phi) is 2.15. The Hall–Kier alpha value is -0.800. The van der Waals surface area contributed by atoms with Crippen molar-refractivity contribution >= 4 is 21.8 Å². The van der Waals surface area contributed by atoms with E-state index in [1.807, 2.05) is 36.4 Å². The highest BCUT2D eigenvalue weighted by Gasteiger charge is 2.14. The van der Waals surface area contributed by atoms with Gasteiger partial charge in [-0.15, -0.1) is 0 Å². The van der Waals surface area contributed by atoms with Gasteiger partial charge in [0, 0.05) is 5.56 Å². The first-order valence-corrected chi connectivity index (χ1v) is 4.30. The highest BCUT2D eigenvalue weighted by Crippen LogP contribution is 2.28. The van der Waals surface area contributed by atoms with Crippen LogP contribution in [0, 0.1) is 6.61 Å². The molecule has 1 aliphatic rings. The standard InChI is InChI=1S/C9H7BrNO/c10-11-9(6-7-12-11)8-4-2-1-3-5-8/h1-7H. The van der Waals surface area contributed by atoms with Gasteiger partial charge in [-0.2, -0.15) is 4.09 Å². The average molecular weight is 225 g/mol. The van der Waals surface area contributed by atoms with Crippen LogP contribution in [0.15, 0.2) is 36.4 Å². The van der Waals surface area contributed by atoms with Crippen molar-refractivity contribution in [1.82, 2.24) is 4.09 Å². The molecule has 1 aliphatic heterocycles. The van der Waals surface area contributed by atoms with Crippen molar-refractivity contribution in [1.29, 1.82) is 0 Å². The topological polar surface area (TPSA) is 12.5 Å². The molecule has 0 spiro atoms. The monoisotopic (exact) mass is 224 g/mol. The smallest absolute Gasteiger partial charge is 0.140 e. The highest BCUT2D eigenvalue weighted by atomic mass is 79.9. The summed E-state index contributed by atoms with van der Waals surface area (Å²) in [5.41, 5.74) is 2.14. The Balaban J connectivity index is 2.31. The van der Waals surface area contributed by atoms with Crippen LogP contribution < -0.4 is 0 Å². The van der Waals surface area contributed by atoms with E-state index in [0.717, 1.165) is 11.3 Å². The molecule has 12 heavy (non-hydrogen) atoms. The molecule has 2 nitrogen and oxygen atoms in total. The van der Waals surface area contributed by atoms with E-state index in [-0.39, 0.29) is 0 Å². The van der Waals surface area contributed by atoms with Crippen LogP contribution in [0.1, 0.15) is 5.56 Å². The molecule has 1 aromatic carbocycles. The molecule has 0 bridgehead atoms. The number of hydrogen-bond acceptors (Lipinski definition) is 2. The minimum atomic E-state index is 1.01. The van der Waals surface area contributed by atoms with Gasteiger partial charge in [-0.1, -0.05) is 30.3 Å². The molecule has 3 heteroatoms. The summed E-state index contributed by atoms with van der Waals surface area (Å²) in [6.07, 6.45) is 1.91. The van der Waals surface area contributed by atoms with Gasteiger partial charge in [-0.05, 0) is 6.08 Å². The SMILES string of the molecule is BrN1O[CH]C=C1c1ccccc1. The van der Waals surface area contributed by atoms with Crippen LogP contribution in [-0.2, 0) is 4.84 Å². The average Bonchev–Trinajstić information content (AvgIpc) is 2.53. The molecule has 0 amide bonds. The summed E-state index contributed by atoms with van der Waals surface area (Å²) >= 11 is 3.25. The van der Waals surface area contributed by atoms with E-state index in [0.29, 0.717) is 0 Å². The van der Waals surface area contributed by atoms with Crippen LogP contribution in [0.25, 0.3) is 5.70 Å². The first kappa shape index (κ1) is 7.83. The molecule has 0 atom stereocenters. The van der Waals surface area contributed by atoms with Crippen LogP contribution in [0.4, 0.5) is 0 Å². The first-order chi connectivity index (χ1) is 5.88. The molecule has 0 aromatic heterocycles. The fraction of sp³-hybridized carbons (Fsp3) is 0. The lowest BCUT2D eigenvalue weighted by molar-refractivity contribution is 0.0547. The molecule has 0 saturated carbocycles. The quantitative estimate of drug-likeness (QED) is 0.681. The lowest BCUT2D eigenvalue weighted by Crippen LogP contribution is -2.01. The highest BCUT2D eigenvalue weighted by molar-refractivity contribution is 9.07. The minimum absolute atomic E-state index is 1.01. The van der Waals surface area contributed by atoms with E-state index in [9.17, 15) is 0 Å². The number of hydroxylamine groups is 1. The van der Waals surface area contributed by atoms with E-state index in [1.54, 1.807) is 10.7 Å². The summed E-state index contributed by atoms with van der Waals surface area (Å²) in [6, 6.07) is 10.0. The predicted molar refractivity (Wildman–Crippen MR) is 50.6 cm³/mol. The first-order valence-electron chi connectivity index (χ1n) is 3.59. The third-order valence-corrected chi connectivity index (χ3v) is 2.19. The van der Waals surface area contributed by atoms with E-state index in [2.05, 4.69) is 16.1 Å². The van der Waals surface area contributed by atoms with Crippen LogP contribution in [-0.4, -0.2) is 4.09 Å². The number of hydrogen-bond donors (Lipinski definition) is 0. The zero-order valence-corrected chi connectivity index (χ0v) is 7.86. The van der Waals surface area contributed by atoms with Gasteiger partial charge in [0.05, 0.1) is 21.8 Å². The van der Waals surface area contributed by atoms with Gasteiger partial charge in [0.1, 0.15) is 6.61 Å². The lowest BCUT2D eigenvalue weighted by Gasteiger charge is -2.10. The third kappa shape index (κ3) is 1.38. The summed E-state index contributed by atoms with van der Waals surface area (Å²) in [4.78, 5) is 5.05. The fourth-order valence-electron chi connectivity index (χ4n) is 1.07. The molecular formula is C9H7BrNO. The predicted octanol–water partition coefficient (Wildman–Crippen LogP) is 2.75. The Morgan fingerprint density at radius 2 is 1.92 bits per heavy atom. The van der Waals surface area contributed by atoms with Crippen LogP contribution >= 0.6 is 16.1 Å². The molecule has 0 fully saturated rings. The Morgan fingerprint density at radius 1 is 1.17 bits per heavy atom. The summed E-state index contributed by atoms with van der Waals surface area (Å²) in [5, 5.41) is 0. The van der Waals surface area contributed by atoms with E-state index in [4.69, 9.17) is 4.84 Å². The second kappa shape index (κ2) is 3.29. The maximum absolute atomic E-state index is 5.05. The molecule has 1 aromatic rings. The summed E-state index contributed by atoms with van der Waals surface area (Å²) in [7, 11) is 0. The molecule has 2 rings (SSSR count). The van der Waals surface area contributed by atoms with Crippen molar-refractivity contribution < 1.29 is 4.84 Å². The molecule has 1 radical (unpaired) electrons. The second-order valence-corrected chi connectivity index (χ2v) is 3.05. The van der Waals surface area contributed by atoms with Crippen molar-refractivity contribution in [2.24, 2.45) is 0 Å². The largest absolute Gasteiger partial charge is 0.252 e. The molecule has 61 valence electrons. The van der Waals surface area contributed by atoms with Gasteiger partial charge in [0.2, 0.25) is 0 Å². The Bertz CT molecular complexity index is 297. The van der Waals surface area contributed by atoms with Gasteiger partial charge in [0.15, 0.2) is 0 Å². The van der Waals surface area contributed by atoms with Gasteiger partial charge in [-0.3, -0.25) is 4.84 Å². The molecule has 0 saturated heterocycles.